The summed E-state index contributed by atoms with van der Waals surface area (Å²) >= 11 is 0. The molecule has 1 atom stereocenters. The summed E-state index contributed by atoms with van der Waals surface area (Å²) in [5.74, 6) is 1.05. The molecule has 0 aromatic heterocycles. The Morgan fingerprint density at radius 2 is 1.46 bits per heavy atom. The number of hydrogen-bond donors (Lipinski definition) is 1. The van der Waals surface area contributed by atoms with E-state index in [1.807, 2.05) is 85.8 Å². The second-order valence-corrected chi connectivity index (χ2v) is 8.30. The van der Waals surface area contributed by atoms with Gasteiger partial charge >= 0.3 is 0 Å². The molecular formula is C29H34N2O4. The molecule has 35 heavy (non-hydrogen) atoms. The summed E-state index contributed by atoms with van der Waals surface area (Å²) in [4.78, 5) is 28.5. The number of carbonyl (C=O) groups excluding carboxylic acids is 2. The topological polar surface area (TPSA) is 67.9 Å². The first-order valence-electron chi connectivity index (χ1n) is 11.9. The Kier molecular flexibility index (Phi) is 9.72. The number of rotatable bonds is 12. The Balaban J connectivity index is 1.86. The van der Waals surface area contributed by atoms with E-state index in [4.69, 9.17) is 9.47 Å². The van der Waals surface area contributed by atoms with Crippen LogP contribution in [-0.4, -0.2) is 43.5 Å². The summed E-state index contributed by atoms with van der Waals surface area (Å²) in [7, 11) is 3.19. The predicted octanol–water partition coefficient (Wildman–Crippen LogP) is 4.41. The molecule has 3 aromatic rings. The number of methoxy groups -OCH3 is 2. The molecule has 184 valence electrons. The number of aryl methyl sites for hydroxylation is 1. The van der Waals surface area contributed by atoms with Gasteiger partial charge in [0.1, 0.15) is 6.04 Å². The maximum atomic E-state index is 13.6. The summed E-state index contributed by atoms with van der Waals surface area (Å²) in [5.41, 5.74) is 2.96. The van der Waals surface area contributed by atoms with Crippen molar-refractivity contribution >= 4 is 11.8 Å². The standard InChI is InChI=1S/C29H34N2O4/c1-4-30-29(33)25(19-22-11-7-5-8-12-22)31(21-24-13-9-6-10-14-24)28(32)18-16-23-15-17-26(34-2)27(20-23)35-3/h5-15,17,20,25H,4,16,18-19,21H2,1-3H3,(H,30,33)/t25-/m0/s1. The second kappa shape index (κ2) is 13.2. The lowest BCUT2D eigenvalue weighted by molar-refractivity contribution is -0.141. The zero-order chi connectivity index (χ0) is 25.0. The van der Waals surface area contributed by atoms with Gasteiger partial charge in [0.05, 0.1) is 14.2 Å². The van der Waals surface area contributed by atoms with Crippen molar-refractivity contribution in [3.05, 3.63) is 95.6 Å². The third-order valence-electron chi connectivity index (χ3n) is 5.89. The molecule has 6 nitrogen and oxygen atoms in total. The van der Waals surface area contributed by atoms with E-state index in [0.29, 0.717) is 37.4 Å². The molecule has 0 aliphatic rings. The maximum Gasteiger partial charge on any atom is 0.243 e. The number of ether oxygens (including phenoxy) is 2. The molecule has 0 saturated heterocycles. The van der Waals surface area contributed by atoms with Gasteiger partial charge in [0.2, 0.25) is 11.8 Å². The number of nitrogens with zero attached hydrogens (tertiary/aromatic N) is 1. The Bertz CT molecular complexity index is 1090. The number of amides is 2. The molecule has 0 fully saturated rings. The summed E-state index contributed by atoms with van der Waals surface area (Å²) in [6.45, 7) is 2.75. The molecule has 0 saturated carbocycles. The van der Waals surface area contributed by atoms with Crippen molar-refractivity contribution in [2.24, 2.45) is 0 Å². The molecule has 0 spiro atoms. The van der Waals surface area contributed by atoms with Gasteiger partial charge in [0.25, 0.3) is 0 Å². The highest BCUT2D eigenvalue weighted by Crippen LogP contribution is 2.28. The minimum absolute atomic E-state index is 0.0733. The fraction of sp³-hybridized carbons (Fsp3) is 0.310. The van der Waals surface area contributed by atoms with Crippen LogP contribution in [-0.2, 0) is 29.0 Å². The van der Waals surface area contributed by atoms with Gasteiger partial charge in [-0.1, -0.05) is 66.7 Å². The van der Waals surface area contributed by atoms with E-state index in [2.05, 4.69) is 5.32 Å². The first-order valence-corrected chi connectivity index (χ1v) is 11.9. The van der Waals surface area contributed by atoms with E-state index >= 15 is 0 Å². The number of carbonyl (C=O) groups is 2. The van der Waals surface area contributed by atoms with Crippen molar-refractivity contribution in [1.82, 2.24) is 10.2 Å². The molecule has 0 heterocycles. The lowest BCUT2D eigenvalue weighted by Gasteiger charge is -2.31. The maximum absolute atomic E-state index is 13.6. The second-order valence-electron chi connectivity index (χ2n) is 8.30. The van der Waals surface area contributed by atoms with Gasteiger partial charge < -0.3 is 19.7 Å². The van der Waals surface area contributed by atoms with Crippen LogP contribution in [0.2, 0.25) is 0 Å². The van der Waals surface area contributed by atoms with Gasteiger partial charge in [-0.05, 0) is 42.2 Å². The summed E-state index contributed by atoms with van der Waals surface area (Å²) in [5, 5.41) is 2.93. The molecule has 6 heteroatoms. The number of hydrogen-bond acceptors (Lipinski definition) is 4. The molecular weight excluding hydrogens is 440 g/mol. The van der Waals surface area contributed by atoms with Crippen LogP contribution in [0.25, 0.3) is 0 Å². The van der Waals surface area contributed by atoms with Gasteiger partial charge in [0, 0.05) is 25.9 Å². The Morgan fingerprint density at radius 3 is 2.06 bits per heavy atom. The fourth-order valence-electron chi connectivity index (χ4n) is 4.06. The molecule has 0 unspecified atom stereocenters. The number of nitrogens with one attached hydrogen (secondary N) is 1. The van der Waals surface area contributed by atoms with Crippen LogP contribution in [0.4, 0.5) is 0 Å². The normalized spacial score (nSPS) is 11.4. The molecule has 3 aromatic carbocycles. The SMILES string of the molecule is CCNC(=O)[C@H](Cc1ccccc1)N(Cc1ccccc1)C(=O)CCc1ccc(OC)c(OC)c1. The zero-order valence-electron chi connectivity index (χ0n) is 20.7. The first-order chi connectivity index (χ1) is 17.0. The highest BCUT2D eigenvalue weighted by Gasteiger charge is 2.29. The van der Waals surface area contributed by atoms with E-state index in [0.717, 1.165) is 16.7 Å². The van der Waals surface area contributed by atoms with Crippen molar-refractivity contribution < 1.29 is 19.1 Å². The average Bonchev–Trinajstić information content (AvgIpc) is 2.90. The average molecular weight is 475 g/mol. The fourth-order valence-corrected chi connectivity index (χ4v) is 4.06. The van der Waals surface area contributed by atoms with Crippen LogP contribution in [0.15, 0.2) is 78.9 Å². The molecule has 2 amide bonds. The van der Waals surface area contributed by atoms with E-state index in [-0.39, 0.29) is 18.2 Å². The first kappa shape index (κ1) is 25.8. The van der Waals surface area contributed by atoms with Crippen LogP contribution in [0.3, 0.4) is 0 Å². The zero-order valence-corrected chi connectivity index (χ0v) is 20.7. The van der Waals surface area contributed by atoms with Gasteiger partial charge in [-0.3, -0.25) is 9.59 Å². The highest BCUT2D eigenvalue weighted by atomic mass is 16.5. The predicted molar refractivity (Wildman–Crippen MR) is 137 cm³/mol. The van der Waals surface area contributed by atoms with E-state index < -0.39 is 6.04 Å². The largest absolute Gasteiger partial charge is 0.493 e. The minimum Gasteiger partial charge on any atom is -0.493 e. The molecule has 0 aliphatic carbocycles. The third-order valence-corrected chi connectivity index (χ3v) is 5.89. The molecule has 0 aliphatic heterocycles. The van der Waals surface area contributed by atoms with E-state index in [1.54, 1.807) is 19.1 Å². The van der Waals surface area contributed by atoms with Crippen LogP contribution in [0.1, 0.15) is 30.0 Å². The van der Waals surface area contributed by atoms with Crippen molar-refractivity contribution in [3.63, 3.8) is 0 Å². The monoisotopic (exact) mass is 474 g/mol. The lowest BCUT2D eigenvalue weighted by Crippen LogP contribution is -2.50. The van der Waals surface area contributed by atoms with Gasteiger partial charge in [-0.2, -0.15) is 0 Å². The van der Waals surface area contributed by atoms with Gasteiger partial charge in [0.15, 0.2) is 11.5 Å². The van der Waals surface area contributed by atoms with Crippen molar-refractivity contribution in [1.29, 1.82) is 0 Å². The smallest absolute Gasteiger partial charge is 0.243 e. The molecule has 3 rings (SSSR count). The highest BCUT2D eigenvalue weighted by molar-refractivity contribution is 5.88. The van der Waals surface area contributed by atoms with Crippen LogP contribution in [0, 0.1) is 0 Å². The van der Waals surface area contributed by atoms with E-state index in [9.17, 15) is 9.59 Å². The summed E-state index contributed by atoms with van der Waals surface area (Å²) in [6.07, 6.45) is 1.24. The van der Waals surface area contributed by atoms with Crippen molar-refractivity contribution in [2.75, 3.05) is 20.8 Å². The van der Waals surface area contributed by atoms with Crippen LogP contribution in [0.5, 0.6) is 11.5 Å². The molecule has 1 N–H and O–H groups in total. The lowest BCUT2D eigenvalue weighted by atomic mass is 10.0. The molecule has 0 radical (unpaired) electrons. The van der Waals surface area contributed by atoms with Gasteiger partial charge in [-0.15, -0.1) is 0 Å². The number of likely N-dealkylation sites (N-methyl/N-ethyl adjacent to an activating group) is 1. The van der Waals surface area contributed by atoms with Crippen molar-refractivity contribution in [3.8, 4) is 11.5 Å². The summed E-state index contributed by atoms with van der Waals surface area (Å²) in [6, 6.07) is 24.6. The van der Waals surface area contributed by atoms with Crippen molar-refractivity contribution in [2.45, 2.75) is 38.8 Å². The quantitative estimate of drug-likeness (QED) is 0.422. The Labute approximate surface area is 207 Å². The minimum atomic E-state index is -0.615. The summed E-state index contributed by atoms with van der Waals surface area (Å²) < 4.78 is 10.7. The van der Waals surface area contributed by atoms with E-state index in [1.165, 1.54) is 0 Å². The molecule has 0 bridgehead atoms. The van der Waals surface area contributed by atoms with Gasteiger partial charge in [-0.25, -0.2) is 0 Å². The van der Waals surface area contributed by atoms with Crippen LogP contribution >= 0.6 is 0 Å². The Morgan fingerprint density at radius 1 is 0.829 bits per heavy atom. The number of benzene rings is 3. The third kappa shape index (κ3) is 7.34. The van der Waals surface area contributed by atoms with Crippen LogP contribution < -0.4 is 14.8 Å². The Hall–Kier alpha value is -3.80.